The van der Waals surface area contributed by atoms with Crippen LogP contribution in [-0.4, -0.2) is 42.5 Å². The van der Waals surface area contributed by atoms with Crippen LogP contribution in [0.2, 0.25) is 0 Å². The summed E-state index contributed by atoms with van der Waals surface area (Å²) in [6.07, 6.45) is 2.94. The molecule has 0 radical (unpaired) electrons. The molecule has 0 bridgehead atoms. The molecule has 1 unspecified atom stereocenters. The third kappa shape index (κ3) is 4.12. The number of amides is 2. The lowest BCUT2D eigenvalue weighted by atomic mass is 9.95. The molecule has 2 fully saturated rings. The number of anilines is 1. The zero-order chi connectivity index (χ0) is 16.2. The minimum absolute atomic E-state index is 0.0350. The molecule has 2 aliphatic heterocycles. The molecule has 5 nitrogen and oxygen atoms in total. The molecule has 6 heteroatoms. The molecule has 0 saturated carbocycles. The summed E-state index contributed by atoms with van der Waals surface area (Å²) in [7, 11) is 0. The highest BCUT2D eigenvalue weighted by Crippen LogP contribution is 2.23. The number of carbonyl (C=O) groups excluding carboxylic acids is 2. The zero-order valence-electron chi connectivity index (χ0n) is 13.0. The van der Waals surface area contributed by atoms with Crippen molar-refractivity contribution in [3.63, 3.8) is 0 Å². The number of nitrogens with zero attached hydrogens (tertiary/aromatic N) is 1. The quantitative estimate of drug-likeness (QED) is 0.876. The van der Waals surface area contributed by atoms with Gasteiger partial charge in [-0.3, -0.25) is 9.59 Å². The molecule has 0 aliphatic carbocycles. The van der Waals surface area contributed by atoms with Crippen molar-refractivity contribution in [2.45, 2.75) is 31.8 Å². The van der Waals surface area contributed by atoms with Crippen LogP contribution >= 0.6 is 15.9 Å². The molecular formula is C17H21BrN2O3. The fourth-order valence-corrected chi connectivity index (χ4v) is 3.38. The van der Waals surface area contributed by atoms with Crippen LogP contribution in [0.4, 0.5) is 5.69 Å². The summed E-state index contributed by atoms with van der Waals surface area (Å²) < 4.78 is 6.44. The molecule has 2 heterocycles. The second kappa shape index (κ2) is 7.45. The molecule has 1 atom stereocenters. The minimum Gasteiger partial charge on any atom is -0.368 e. The molecule has 0 spiro atoms. The number of likely N-dealkylation sites (tertiary alicyclic amines) is 1. The molecule has 124 valence electrons. The van der Waals surface area contributed by atoms with Crippen molar-refractivity contribution in [1.82, 2.24) is 4.90 Å². The Balaban J connectivity index is 1.49. The molecule has 3 rings (SSSR count). The first-order valence-corrected chi connectivity index (χ1v) is 8.89. The third-order valence-electron chi connectivity index (χ3n) is 4.49. The van der Waals surface area contributed by atoms with Crippen molar-refractivity contribution >= 4 is 33.4 Å². The van der Waals surface area contributed by atoms with Crippen LogP contribution in [0.3, 0.4) is 0 Å². The van der Waals surface area contributed by atoms with E-state index in [1.54, 1.807) is 0 Å². The van der Waals surface area contributed by atoms with Gasteiger partial charge in [0.15, 0.2) is 0 Å². The number of benzene rings is 1. The Morgan fingerprint density at radius 1 is 1.13 bits per heavy atom. The van der Waals surface area contributed by atoms with Gasteiger partial charge in [-0.15, -0.1) is 0 Å². The number of rotatable bonds is 3. The number of halogens is 1. The first-order chi connectivity index (χ1) is 11.1. The van der Waals surface area contributed by atoms with Crippen LogP contribution in [0.1, 0.15) is 25.7 Å². The van der Waals surface area contributed by atoms with Gasteiger partial charge in [-0.1, -0.05) is 15.9 Å². The van der Waals surface area contributed by atoms with E-state index in [4.69, 9.17) is 4.74 Å². The predicted molar refractivity (Wildman–Crippen MR) is 91.0 cm³/mol. The van der Waals surface area contributed by atoms with E-state index in [2.05, 4.69) is 21.2 Å². The lowest BCUT2D eigenvalue weighted by Gasteiger charge is -2.32. The second-order valence-corrected chi connectivity index (χ2v) is 7.01. The summed E-state index contributed by atoms with van der Waals surface area (Å²) in [6.45, 7) is 1.96. The van der Waals surface area contributed by atoms with Gasteiger partial charge in [-0.25, -0.2) is 0 Å². The Morgan fingerprint density at radius 3 is 2.43 bits per heavy atom. The maximum Gasteiger partial charge on any atom is 0.251 e. The summed E-state index contributed by atoms with van der Waals surface area (Å²) in [4.78, 5) is 26.5. The normalized spacial score (nSPS) is 22.1. The summed E-state index contributed by atoms with van der Waals surface area (Å²) in [5, 5.41) is 2.95. The van der Waals surface area contributed by atoms with E-state index in [0.29, 0.717) is 32.5 Å². The van der Waals surface area contributed by atoms with Gasteiger partial charge >= 0.3 is 0 Å². The van der Waals surface area contributed by atoms with Gasteiger partial charge in [0.05, 0.1) is 0 Å². The van der Waals surface area contributed by atoms with E-state index >= 15 is 0 Å². The number of hydrogen-bond donors (Lipinski definition) is 1. The van der Waals surface area contributed by atoms with Gasteiger partial charge in [-0.05, 0) is 49.9 Å². The summed E-state index contributed by atoms with van der Waals surface area (Å²) in [5.41, 5.74) is 0.802. The highest BCUT2D eigenvalue weighted by Gasteiger charge is 2.32. The average Bonchev–Trinajstić information content (AvgIpc) is 3.11. The third-order valence-corrected chi connectivity index (χ3v) is 5.02. The van der Waals surface area contributed by atoms with Crippen LogP contribution in [0, 0.1) is 5.92 Å². The monoisotopic (exact) mass is 380 g/mol. The standard InChI is InChI=1S/C17H21BrN2O3/c18-13-3-5-14(6-4-13)19-16(21)12-7-9-20(10-8-12)17(22)15-2-1-11-23-15/h3-6,12,15H,1-2,7-11H2,(H,19,21). The molecule has 1 aromatic carbocycles. The number of ether oxygens (including phenoxy) is 1. The molecule has 2 amide bonds. The average molecular weight is 381 g/mol. The molecule has 1 N–H and O–H groups in total. The van der Waals surface area contributed by atoms with Crippen LogP contribution in [0.15, 0.2) is 28.7 Å². The molecule has 1 aromatic rings. The Labute approximate surface area is 144 Å². The SMILES string of the molecule is O=C(Nc1ccc(Br)cc1)C1CCN(C(=O)C2CCCO2)CC1. The minimum atomic E-state index is -0.261. The fourth-order valence-electron chi connectivity index (χ4n) is 3.12. The fraction of sp³-hybridized carbons (Fsp3) is 0.529. The smallest absolute Gasteiger partial charge is 0.251 e. The van der Waals surface area contributed by atoms with Gasteiger partial charge in [0.25, 0.3) is 5.91 Å². The van der Waals surface area contributed by atoms with Gasteiger partial charge in [0, 0.05) is 35.8 Å². The van der Waals surface area contributed by atoms with Crippen LogP contribution < -0.4 is 5.32 Å². The maximum absolute atomic E-state index is 12.3. The second-order valence-electron chi connectivity index (χ2n) is 6.10. The van der Waals surface area contributed by atoms with E-state index in [1.807, 2.05) is 29.2 Å². The number of nitrogens with one attached hydrogen (secondary N) is 1. The predicted octanol–water partition coefficient (Wildman–Crippen LogP) is 2.81. The number of hydrogen-bond acceptors (Lipinski definition) is 3. The highest BCUT2D eigenvalue weighted by atomic mass is 79.9. The zero-order valence-corrected chi connectivity index (χ0v) is 14.5. The topological polar surface area (TPSA) is 58.6 Å². The lowest BCUT2D eigenvalue weighted by molar-refractivity contribution is -0.143. The van der Waals surface area contributed by atoms with Crippen molar-refractivity contribution in [2.75, 3.05) is 25.0 Å². The molecular weight excluding hydrogens is 360 g/mol. The number of piperidine rings is 1. The van der Waals surface area contributed by atoms with Gasteiger partial charge in [0.2, 0.25) is 5.91 Å². The van der Waals surface area contributed by atoms with Gasteiger partial charge < -0.3 is 15.0 Å². The van der Waals surface area contributed by atoms with Crippen molar-refractivity contribution in [3.05, 3.63) is 28.7 Å². The van der Waals surface area contributed by atoms with E-state index in [9.17, 15) is 9.59 Å². The summed E-state index contributed by atoms with van der Waals surface area (Å²) in [5.74, 6) is 0.0954. The van der Waals surface area contributed by atoms with Crippen LogP contribution in [0.25, 0.3) is 0 Å². The summed E-state index contributed by atoms with van der Waals surface area (Å²) in [6, 6.07) is 7.55. The Hall–Kier alpha value is -1.40. The molecule has 2 saturated heterocycles. The maximum atomic E-state index is 12.3. The first-order valence-electron chi connectivity index (χ1n) is 8.10. The Bertz CT molecular complexity index is 562. The largest absolute Gasteiger partial charge is 0.368 e. The molecule has 23 heavy (non-hydrogen) atoms. The molecule has 2 aliphatic rings. The van der Waals surface area contributed by atoms with E-state index in [0.717, 1.165) is 23.0 Å². The van der Waals surface area contributed by atoms with E-state index in [-0.39, 0.29) is 23.8 Å². The number of carbonyl (C=O) groups is 2. The van der Waals surface area contributed by atoms with Gasteiger partial charge in [-0.2, -0.15) is 0 Å². The lowest BCUT2D eigenvalue weighted by Crippen LogP contribution is -2.45. The van der Waals surface area contributed by atoms with Crippen molar-refractivity contribution in [2.24, 2.45) is 5.92 Å². The van der Waals surface area contributed by atoms with Gasteiger partial charge in [0.1, 0.15) is 6.10 Å². The van der Waals surface area contributed by atoms with Crippen molar-refractivity contribution in [3.8, 4) is 0 Å². The highest BCUT2D eigenvalue weighted by molar-refractivity contribution is 9.10. The van der Waals surface area contributed by atoms with E-state index < -0.39 is 0 Å². The van der Waals surface area contributed by atoms with Crippen LogP contribution in [-0.2, 0) is 14.3 Å². The Morgan fingerprint density at radius 2 is 1.83 bits per heavy atom. The van der Waals surface area contributed by atoms with Crippen molar-refractivity contribution in [1.29, 1.82) is 0 Å². The Kier molecular flexibility index (Phi) is 5.33. The van der Waals surface area contributed by atoms with E-state index in [1.165, 1.54) is 0 Å². The summed E-state index contributed by atoms with van der Waals surface area (Å²) >= 11 is 3.38. The first kappa shape index (κ1) is 16.5. The molecule has 0 aromatic heterocycles. The van der Waals surface area contributed by atoms with Crippen molar-refractivity contribution < 1.29 is 14.3 Å². The van der Waals surface area contributed by atoms with Crippen LogP contribution in [0.5, 0.6) is 0 Å².